The molecule has 6 unspecified atom stereocenters. The Morgan fingerprint density at radius 3 is 1.04 bits per heavy atom. The first-order valence-electron chi connectivity index (χ1n) is 45.0. The van der Waals surface area contributed by atoms with Gasteiger partial charge in [-0.15, -0.1) is 36.6 Å². The van der Waals surface area contributed by atoms with Crippen molar-refractivity contribution in [3.63, 3.8) is 0 Å². The van der Waals surface area contributed by atoms with E-state index in [1.807, 2.05) is 90.9 Å². The van der Waals surface area contributed by atoms with E-state index in [2.05, 4.69) is 196 Å². The summed E-state index contributed by atoms with van der Waals surface area (Å²) in [6.07, 6.45) is 6.82. The van der Waals surface area contributed by atoms with Gasteiger partial charge in [0.05, 0.1) is 101 Å². The summed E-state index contributed by atoms with van der Waals surface area (Å²) in [6, 6.07) is 25.2. The normalized spacial score (nSPS) is 11.9. The summed E-state index contributed by atoms with van der Waals surface area (Å²) in [5.74, 6) is -1.82. The van der Waals surface area contributed by atoms with Gasteiger partial charge in [-0.3, -0.25) is 52.7 Å². The number of para-hydroxylation sites is 1. The Morgan fingerprint density at radius 1 is 0.443 bits per heavy atom. The second kappa shape index (κ2) is 95.1. The predicted molar refractivity (Wildman–Crippen MR) is 597 cm³/mol. The van der Waals surface area contributed by atoms with E-state index in [0.717, 1.165) is 62.5 Å². The number of thiazole rings is 1. The molecule has 0 aliphatic heterocycles. The molecule has 49 heteroatoms. The number of carbonyl (C=O) groups is 11. The molecule has 3 aromatic carbocycles. The molecule has 0 aliphatic carbocycles. The Kier molecular flexibility index (Phi) is 99.0. The standard InChI is InChI=1S/C21H36O8S4.C14H19N3O8S2.C12H22O4S2.C12H10S3.C7H5NS2.C6H16O3SSi.C6H12O2.C5H10O2.C3H8OS.C3H8O.C2H6/c1-13(30)5-17(22)26-9-21(10-27-18(23)6-14(2)31,11-28-19(24)7-15(3)32)12-29-20(25)8-16(4)33;18-9-17-13(22)15(3-5-24-10(19)1-7-26)12(21)16(14(17)23)4-6-25-11(20)2-8-27;1-9(17)7-11(13)15-5-3-4-6-16-12(14)8-10(2)18;13-9-1-5-11(6-2-9)15-12-7-3-10(14)4-8-12;9-7-8-5-3-1-2-4-6(5)10-7;1-7-11(8-2,9-3)6-4-5-10;1-3-5-6(7)8-4-2;1-3-5(6)7-4-2;4-2-1-3-5;1-2-3-4;1-2/h13-16,30-33H,5-12H2,1-4H3;9,26-27H,1-8H2;9-10,17-18H,3-8H2,1-2H3;1-8,13-14H;1-4H,(H,8,9);10H,4-6H2,1-3H3;3-5H2,1-2H3;3-4H2,1-2H3;4-5H,1-3H2;4H,2-3H2,1H3;1-2H3. The number of nitrogens with one attached hydrogen (secondary N) is 1. The van der Waals surface area contributed by atoms with Crippen molar-refractivity contribution in [2.75, 3.05) is 124 Å². The number of nitrogens with zero attached hydrogens (tertiary/aromatic N) is 3. The van der Waals surface area contributed by atoms with E-state index in [4.69, 9.17) is 73.6 Å². The number of unbranched alkanes of at least 4 members (excludes halogenated alkanes) is 1. The minimum absolute atomic E-state index is 0.0154. The number of hydrogen-bond acceptors (Lipinski definition) is 44. The molecule has 0 saturated carbocycles. The van der Waals surface area contributed by atoms with E-state index < -0.39 is 67.1 Å². The summed E-state index contributed by atoms with van der Waals surface area (Å²) in [6.45, 7) is 23.6. The van der Waals surface area contributed by atoms with Gasteiger partial charge < -0.3 is 75.8 Å². The first-order valence-corrected chi connectivity index (χ1v) is 55.5. The van der Waals surface area contributed by atoms with Crippen LogP contribution < -0.4 is 17.1 Å². The Balaban J connectivity index is -0.000000377. The largest absolute Gasteiger partial charge is 0.500 e. The first kappa shape index (κ1) is 146. The quantitative estimate of drug-likeness (QED) is 0.00327. The lowest BCUT2D eigenvalue weighted by atomic mass is 9.92. The zero-order chi connectivity index (χ0) is 108. The highest BCUT2D eigenvalue weighted by Gasteiger charge is 2.39. The molecular weight excluding hydrogens is 2120 g/mol. The van der Waals surface area contributed by atoms with Crippen LogP contribution in [0.15, 0.2) is 107 Å². The highest BCUT2D eigenvalue weighted by molar-refractivity contribution is 7.99. The molecule has 2 heterocycles. The number of esters is 10. The fraction of sp³-hybridized carbons (Fsp3) is 0.637. The van der Waals surface area contributed by atoms with Crippen molar-refractivity contribution in [2.24, 2.45) is 5.41 Å². The van der Waals surface area contributed by atoms with Crippen LogP contribution in [-0.4, -0.2) is 259 Å². The molecule has 140 heavy (non-hydrogen) atoms. The van der Waals surface area contributed by atoms with Crippen LogP contribution in [0.25, 0.3) is 10.2 Å². The Morgan fingerprint density at radius 2 is 0.771 bits per heavy atom. The fourth-order valence-corrected chi connectivity index (χ4v) is 15.0. The molecular formula is C91H152N4O29S15Si. The maximum Gasteiger partial charge on any atom is 0.500 e. The van der Waals surface area contributed by atoms with Crippen molar-refractivity contribution in [1.29, 1.82) is 0 Å². The summed E-state index contributed by atoms with van der Waals surface area (Å²) in [5.41, 5.74) is -3.49. The predicted octanol–water partition coefficient (Wildman–Crippen LogP) is 15.8. The van der Waals surface area contributed by atoms with Crippen molar-refractivity contribution in [2.45, 2.75) is 263 Å². The van der Waals surface area contributed by atoms with Crippen LogP contribution >= 0.6 is 187 Å². The minimum atomic E-state index is -2.29. The molecule has 6 atom stereocenters. The molecule has 0 radical (unpaired) electrons. The highest BCUT2D eigenvalue weighted by atomic mass is 32.2. The number of thiol groups is 12. The van der Waals surface area contributed by atoms with Crippen LogP contribution in [0.4, 0.5) is 0 Å². The van der Waals surface area contributed by atoms with Gasteiger partial charge in [0.15, 0.2) is 3.95 Å². The van der Waals surface area contributed by atoms with Crippen molar-refractivity contribution >= 4 is 272 Å². The van der Waals surface area contributed by atoms with Crippen molar-refractivity contribution < 1.29 is 124 Å². The monoisotopic (exact) mass is 2270 g/mol. The van der Waals surface area contributed by atoms with Crippen molar-refractivity contribution in [3.8, 4) is 0 Å². The van der Waals surface area contributed by atoms with Crippen LogP contribution in [0.1, 0.15) is 193 Å². The zero-order valence-electron chi connectivity index (χ0n) is 83.1. The Labute approximate surface area is 906 Å². The van der Waals surface area contributed by atoms with Gasteiger partial charge in [-0.2, -0.15) is 131 Å². The van der Waals surface area contributed by atoms with Crippen LogP contribution in [0.5, 0.6) is 0 Å². The number of aliphatic hydroxyl groups excluding tert-OH is 2. The number of fused-ring (bicyclic) bond motifs is 1. The van der Waals surface area contributed by atoms with Crippen LogP contribution in [-0.2, 0) is 126 Å². The second-order valence-corrected chi connectivity index (χ2v) is 43.2. The third kappa shape index (κ3) is 83.2. The molecule has 0 aliphatic rings. The molecule has 0 amide bonds. The maximum absolute atomic E-state index is 12.4. The number of hydrogen-bond donors (Lipinski definition) is 15. The highest BCUT2D eigenvalue weighted by Crippen LogP contribution is 2.30. The number of carbonyl (C=O) groups excluding carboxylic acids is 11. The molecule has 2 aromatic heterocycles. The average molecular weight is 2280 g/mol. The second-order valence-electron chi connectivity index (χ2n) is 29.1. The molecule has 0 spiro atoms. The number of ether oxygens (including phenoxy) is 10. The lowest BCUT2D eigenvalue weighted by Gasteiger charge is -2.32. The molecule has 0 fully saturated rings. The summed E-state index contributed by atoms with van der Waals surface area (Å²) < 4.78 is 69.3. The third-order valence-electron chi connectivity index (χ3n) is 15.9. The molecule has 0 saturated heterocycles. The SMILES string of the molecule is CC.CC(S)CC(=O)OCC(COC(=O)CC(C)S)(COC(=O)CC(C)S)COC(=O)CC(C)S.CC(S)CC(=O)OCCCCOC(=O)CC(C)S.CCCC(=O)OCC.CCCO.CCOC(=O)CC.CO[Si](CCCS)(OC)OC.O=Cn1c(=O)n(CCOC(=O)CCS)c(=O)n(CCOC(=O)CCS)c1=O.OCCCS.S=c1[nH]c2ccccc2s1.Sc1ccc(Sc2ccc(S)cc2)cc1. The van der Waals surface area contributed by atoms with E-state index >= 15 is 0 Å². The van der Waals surface area contributed by atoms with Crippen LogP contribution in [0.3, 0.4) is 0 Å². The van der Waals surface area contributed by atoms with E-state index in [-0.39, 0.29) is 176 Å². The zero-order valence-corrected chi connectivity index (χ0v) is 97.3. The molecule has 804 valence electrons. The molecule has 0 bridgehead atoms. The molecule has 33 nitrogen and oxygen atoms in total. The molecule has 5 rings (SSSR count). The number of aromatic nitrogens is 4. The number of rotatable bonds is 52. The summed E-state index contributed by atoms with van der Waals surface area (Å²) in [4.78, 5) is 169. The Hall–Kier alpha value is -4.88. The van der Waals surface area contributed by atoms with Gasteiger partial charge in [-0.25, -0.2) is 23.5 Å². The van der Waals surface area contributed by atoms with Crippen molar-refractivity contribution in [3.05, 3.63) is 108 Å². The van der Waals surface area contributed by atoms with E-state index in [9.17, 15) is 67.1 Å². The van der Waals surface area contributed by atoms with Gasteiger partial charge in [0.1, 0.15) is 45.1 Å². The number of H-pyrrole nitrogens is 1. The fourth-order valence-electron chi connectivity index (χ4n) is 9.20. The van der Waals surface area contributed by atoms with Crippen LogP contribution in [0, 0.1) is 9.37 Å². The summed E-state index contributed by atoms with van der Waals surface area (Å²) >= 11 is 57.4. The smallest absolute Gasteiger partial charge is 0.466 e. The van der Waals surface area contributed by atoms with Gasteiger partial charge in [0.25, 0.3) is 0 Å². The third-order valence-corrected chi connectivity index (χ3v) is 23.8. The maximum atomic E-state index is 12.4. The molecule has 5 aromatic rings. The number of aromatic amines is 1. The number of aliphatic hydroxyl groups is 2. The topological polar surface area (TPSA) is 430 Å². The summed E-state index contributed by atoms with van der Waals surface area (Å²) in [5, 5.41) is 15.0. The van der Waals surface area contributed by atoms with Gasteiger partial charge in [0, 0.05) is 116 Å². The number of benzene rings is 3. The van der Waals surface area contributed by atoms with E-state index in [1.54, 1.807) is 86.0 Å². The van der Waals surface area contributed by atoms with Gasteiger partial charge >= 0.3 is 85.6 Å². The first-order chi connectivity index (χ1) is 66.3. The summed E-state index contributed by atoms with van der Waals surface area (Å²) in [7, 11) is 2.58. The van der Waals surface area contributed by atoms with Gasteiger partial charge in [-0.05, 0) is 137 Å². The van der Waals surface area contributed by atoms with E-state index in [0.29, 0.717) is 80.7 Å². The average Bonchev–Trinajstić information content (AvgIpc) is 0.919. The molecule has 3 N–H and O–H groups in total. The van der Waals surface area contributed by atoms with E-state index in [1.165, 1.54) is 14.5 Å². The van der Waals surface area contributed by atoms with Crippen LogP contribution in [0.2, 0.25) is 6.04 Å². The van der Waals surface area contributed by atoms with Gasteiger partial charge in [0.2, 0.25) is 6.41 Å². The lowest BCUT2D eigenvalue weighted by molar-refractivity contribution is -0.171. The Bertz CT molecular complexity index is 4070. The minimum Gasteiger partial charge on any atom is -0.466 e. The van der Waals surface area contributed by atoms with Gasteiger partial charge in [-0.1, -0.05) is 100 Å². The lowest BCUT2D eigenvalue weighted by Crippen LogP contribution is -2.55. The van der Waals surface area contributed by atoms with Crippen molar-refractivity contribution in [1.82, 2.24) is 18.7 Å².